The van der Waals surface area contributed by atoms with Crippen molar-refractivity contribution >= 4 is 23.4 Å². The van der Waals surface area contributed by atoms with Gasteiger partial charge in [-0.25, -0.2) is 0 Å². The minimum absolute atomic E-state index is 0.166. The van der Waals surface area contributed by atoms with Crippen LogP contribution in [-0.2, 0) is 11.0 Å². The number of thioether (sulfide) groups is 1. The number of aliphatic carboxylic acids is 1. The van der Waals surface area contributed by atoms with E-state index in [0.717, 1.165) is 17.0 Å². The third-order valence-corrected chi connectivity index (χ3v) is 3.68. The van der Waals surface area contributed by atoms with Crippen molar-refractivity contribution in [1.82, 2.24) is 0 Å². The second-order valence-corrected chi connectivity index (χ2v) is 5.53. The summed E-state index contributed by atoms with van der Waals surface area (Å²) in [4.78, 5) is 11.2. The van der Waals surface area contributed by atoms with Gasteiger partial charge in [0, 0.05) is 16.3 Å². The van der Waals surface area contributed by atoms with Gasteiger partial charge in [-0.2, -0.15) is 13.2 Å². The molecular formula is C16H16F3NO2S. The highest BCUT2D eigenvalue weighted by Gasteiger charge is 2.29. The lowest BCUT2D eigenvalue weighted by atomic mass is 10.2. The molecule has 0 saturated carbocycles. The summed E-state index contributed by atoms with van der Waals surface area (Å²) in [5, 5.41) is 8.42. The first-order valence-electron chi connectivity index (χ1n) is 6.62. The lowest BCUT2D eigenvalue weighted by Gasteiger charge is -2.03. The first-order chi connectivity index (χ1) is 10.8. The first-order valence-corrected chi connectivity index (χ1v) is 7.60. The monoisotopic (exact) mass is 343 g/mol. The number of nitrogens with two attached hydrogens (primary N) is 1. The van der Waals surface area contributed by atoms with Gasteiger partial charge >= 0.3 is 12.1 Å². The Kier molecular flexibility index (Phi) is 7.47. The van der Waals surface area contributed by atoms with E-state index in [1.54, 1.807) is 6.07 Å². The number of nitrogen functional groups attached to an aromatic ring is 1. The summed E-state index contributed by atoms with van der Waals surface area (Å²) >= 11 is 1.47. The van der Waals surface area contributed by atoms with E-state index in [-0.39, 0.29) is 6.42 Å². The smallest absolute Gasteiger partial charge is 0.416 e. The molecule has 0 fully saturated rings. The average Bonchev–Trinajstić information content (AvgIpc) is 2.50. The number of hydrogen-bond acceptors (Lipinski definition) is 3. The molecule has 0 aliphatic heterocycles. The number of alkyl halides is 3. The van der Waals surface area contributed by atoms with Crippen LogP contribution in [0.3, 0.4) is 0 Å². The minimum atomic E-state index is -4.21. The van der Waals surface area contributed by atoms with Gasteiger partial charge in [-0.05, 0) is 12.1 Å². The fourth-order valence-electron chi connectivity index (χ4n) is 1.49. The SMILES string of the molecule is FC(F)(F)c1ccccc1.Nc1ccccc1SCCC(=O)O. The van der Waals surface area contributed by atoms with Crippen LogP contribution < -0.4 is 5.73 Å². The number of halogens is 3. The molecule has 0 spiro atoms. The molecule has 124 valence electrons. The summed E-state index contributed by atoms with van der Waals surface area (Å²) in [6.45, 7) is 0. The molecule has 0 aromatic heterocycles. The van der Waals surface area contributed by atoms with Crippen LogP contribution in [0.1, 0.15) is 12.0 Å². The second kappa shape index (κ2) is 9.09. The zero-order valence-electron chi connectivity index (χ0n) is 12.1. The van der Waals surface area contributed by atoms with Gasteiger partial charge in [-0.3, -0.25) is 4.79 Å². The van der Waals surface area contributed by atoms with Crippen LogP contribution >= 0.6 is 11.8 Å². The molecule has 0 saturated heterocycles. The molecule has 23 heavy (non-hydrogen) atoms. The van der Waals surface area contributed by atoms with Crippen molar-refractivity contribution in [1.29, 1.82) is 0 Å². The van der Waals surface area contributed by atoms with Crippen LogP contribution in [0.25, 0.3) is 0 Å². The van der Waals surface area contributed by atoms with Gasteiger partial charge in [0.25, 0.3) is 0 Å². The van der Waals surface area contributed by atoms with E-state index in [2.05, 4.69) is 0 Å². The predicted molar refractivity (Wildman–Crippen MR) is 85.3 cm³/mol. The van der Waals surface area contributed by atoms with Crippen molar-refractivity contribution in [3.63, 3.8) is 0 Å². The van der Waals surface area contributed by atoms with Crippen molar-refractivity contribution in [3.8, 4) is 0 Å². The van der Waals surface area contributed by atoms with E-state index in [9.17, 15) is 18.0 Å². The van der Waals surface area contributed by atoms with E-state index in [0.29, 0.717) is 11.4 Å². The quantitative estimate of drug-likeness (QED) is 0.632. The topological polar surface area (TPSA) is 63.3 Å². The molecule has 3 nitrogen and oxygen atoms in total. The summed E-state index contributed by atoms with van der Waals surface area (Å²) in [5.74, 6) is -0.217. The summed E-state index contributed by atoms with van der Waals surface area (Å²) in [6, 6.07) is 13.8. The van der Waals surface area contributed by atoms with E-state index in [1.807, 2.05) is 24.3 Å². The van der Waals surface area contributed by atoms with Crippen LogP contribution in [-0.4, -0.2) is 16.8 Å². The Morgan fingerprint density at radius 2 is 1.61 bits per heavy atom. The van der Waals surface area contributed by atoms with Gasteiger partial charge < -0.3 is 10.8 Å². The molecular weight excluding hydrogens is 327 g/mol. The molecule has 2 rings (SSSR count). The molecule has 0 unspecified atom stereocenters. The standard InChI is InChI=1S/C9H11NO2S.C7H5F3/c10-7-3-1-2-4-8(7)13-6-5-9(11)12;8-7(9,10)6-4-2-1-3-5-6/h1-4H,5-6,10H2,(H,11,12);1-5H. The predicted octanol–water partition coefficient (Wildman–Crippen LogP) is 4.54. The van der Waals surface area contributed by atoms with E-state index < -0.39 is 17.7 Å². The highest BCUT2D eigenvalue weighted by Crippen LogP contribution is 2.28. The summed E-state index contributed by atoms with van der Waals surface area (Å²) in [7, 11) is 0. The Labute approximate surface area is 136 Å². The molecule has 0 atom stereocenters. The van der Waals surface area contributed by atoms with Crippen molar-refractivity contribution in [2.45, 2.75) is 17.5 Å². The molecule has 0 amide bonds. The lowest BCUT2D eigenvalue weighted by molar-refractivity contribution is -0.138. The molecule has 2 aromatic rings. The summed E-state index contributed by atoms with van der Waals surface area (Å²) in [6.07, 6.45) is -4.04. The number of carbonyl (C=O) groups is 1. The second-order valence-electron chi connectivity index (χ2n) is 4.39. The Balaban J connectivity index is 0.000000238. The van der Waals surface area contributed by atoms with E-state index in [4.69, 9.17) is 10.8 Å². The van der Waals surface area contributed by atoms with Gasteiger partial charge in [0.1, 0.15) is 0 Å². The Morgan fingerprint density at radius 1 is 1.04 bits per heavy atom. The van der Waals surface area contributed by atoms with E-state index in [1.165, 1.54) is 23.9 Å². The molecule has 0 radical (unpaired) electrons. The van der Waals surface area contributed by atoms with Crippen LogP contribution in [0.15, 0.2) is 59.5 Å². The maximum atomic E-state index is 11.8. The van der Waals surface area contributed by atoms with Crippen LogP contribution in [0, 0.1) is 0 Å². The third-order valence-electron chi connectivity index (χ3n) is 2.59. The summed E-state index contributed by atoms with van der Waals surface area (Å²) < 4.78 is 35.4. The highest BCUT2D eigenvalue weighted by molar-refractivity contribution is 7.99. The number of anilines is 1. The maximum Gasteiger partial charge on any atom is 0.416 e. The molecule has 0 bridgehead atoms. The van der Waals surface area contributed by atoms with Crippen molar-refractivity contribution in [2.75, 3.05) is 11.5 Å². The number of rotatable bonds is 4. The molecule has 3 N–H and O–H groups in total. The zero-order chi connectivity index (χ0) is 17.3. The molecule has 2 aromatic carbocycles. The van der Waals surface area contributed by atoms with Gasteiger partial charge in [0.15, 0.2) is 0 Å². The molecule has 7 heteroatoms. The van der Waals surface area contributed by atoms with Gasteiger partial charge in [0.05, 0.1) is 12.0 Å². The average molecular weight is 343 g/mol. The zero-order valence-corrected chi connectivity index (χ0v) is 12.9. The Morgan fingerprint density at radius 3 is 2.09 bits per heavy atom. The number of hydrogen-bond donors (Lipinski definition) is 2. The number of carboxylic acids is 1. The van der Waals surface area contributed by atoms with E-state index >= 15 is 0 Å². The van der Waals surface area contributed by atoms with Crippen LogP contribution in [0.5, 0.6) is 0 Å². The molecule has 0 aliphatic rings. The van der Waals surface area contributed by atoms with Crippen LogP contribution in [0.2, 0.25) is 0 Å². The normalized spacial score (nSPS) is 10.6. The fourth-order valence-corrected chi connectivity index (χ4v) is 2.39. The van der Waals surface area contributed by atoms with Crippen molar-refractivity contribution < 1.29 is 23.1 Å². The first kappa shape index (κ1) is 18.9. The van der Waals surface area contributed by atoms with Crippen LogP contribution in [0.4, 0.5) is 18.9 Å². The highest BCUT2D eigenvalue weighted by atomic mass is 32.2. The summed E-state index contributed by atoms with van der Waals surface area (Å²) in [5.41, 5.74) is 5.77. The third kappa shape index (κ3) is 7.60. The number of para-hydroxylation sites is 1. The molecule has 0 aliphatic carbocycles. The van der Waals surface area contributed by atoms with Crippen molar-refractivity contribution in [2.24, 2.45) is 0 Å². The van der Waals surface area contributed by atoms with Gasteiger partial charge in [0.2, 0.25) is 0 Å². The van der Waals surface area contributed by atoms with Crippen molar-refractivity contribution in [3.05, 3.63) is 60.2 Å². The van der Waals surface area contributed by atoms with Gasteiger partial charge in [-0.15, -0.1) is 11.8 Å². The minimum Gasteiger partial charge on any atom is -0.481 e. The number of benzene rings is 2. The molecule has 0 heterocycles. The number of carboxylic acid groups (broad SMARTS) is 1. The maximum absolute atomic E-state index is 11.8. The Bertz CT molecular complexity index is 618. The Hall–Kier alpha value is -2.15. The van der Waals surface area contributed by atoms with Gasteiger partial charge in [-0.1, -0.05) is 42.5 Å². The lowest BCUT2D eigenvalue weighted by Crippen LogP contribution is -2.03. The largest absolute Gasteiger partial charge is 0.481 e. The fraction of sp³-hybridized carbons (Fsp3) is 0.188.